The Kier molecular flexibility index (Phi) is 4.69. The van der Waals surface area contributed by atoms with E-state index in [2.05, 4.69) is 9.97 Å². The quantitative estimate of drug-likeness (QED) is 0.898. The first-order valence-corrected chi connectivity index (χ1v) is 8.11. The van der Waals surface area contributed by atoms with Crippen molar-refractivity contribution < 1.29 is 14.6 Å². The molecule has 24 heavy (non-hydrogen) atoms. The fourth-order valence-electron chi connectivity index (χ4n) is 3.20. The van der Waals surface area contributed by atoms with E-state index in [0.717, 1.165) is 16.8 Å². The number of likely N-dealkylation sites (tertiary alicyclic amines) is 1. The second-order valence-corrected chi connectivity index (χ2v) is 6.32. The molecule has 1 saturated heterocycles. The highest BCUT2D eigenvalue weighted by Gasteiger charge is 2.36. The summed E-state index contributed by atoms with van der Waals surface area (Å²) in [5, 5.41) is 9.55. The van der Waals surface area contributed by atoms with Crippen LogP contribution in [0.1, 0.15) is 28.2 Å². The van der Waals surface area contributed by atoms with Crippen LogP contribution in [-0.4, -0.2) is 58.3 Å². The number of aryl methyl sites for hydroxylation is 2. The molecule has 1 aromatic heterocycles. The molecule has 2 N–H and O–H groups in total. The van der Waals surface area contributed by atoms with Crippen molar-refractivity contribution >= 4 is 5.91 Å². The van der Waals surface area contributed by atoms with Crippen LogP contribution in [0.25, 0.3) is 11.4 Å². The molecule has 2 heterocycles. The Morgan fingerprint density at radius 2 is 2.25 bits per heavy atom. The molecule has 0 aliphatic carbocycles. The van der Waals surface area contributed by atoms with Gasteiger partial charge in [-0.2, -0.15) is 0 Å². The van der Waals surface area contributed by atoms with E-state index in [1.165, 1.54) is 0 Å². The van der Waals surface area contributed by atoms with Gasteiger partial charge in [0, 0.05) is 24.9 Å². The number of carbonyl (C=O) groups is 1. The molecule has 128 valence electrons. The lowest BCUT2D eigenvalue weighted by Gasteiger charge is -2.21. The molecule has 6 heteroatoms. The number of ether oxygens (including phenoxy) is 1. The van der Waals surface area contributed by atoms with Gasteiger partial charge in [-0.15, -0.1) is 0 Å². The van der Waals surface area contributed by atoms with Crippen molar-refractivity contribution in [3.05, 3.63) is 41.2 Å². The zero-order valence-corrected chi connectivity index (χ0v) is 14.2. The molecule has 1 aliphatic heterocycles. The summed E-state index contributed by atoms with van der Waals surface area (Å²) in [6, 6.07) is 7.76. The van der Waals surface area contributed by atoms with Crippen LogP contribution in [0.5, 0.6) is 0 Å². The third kappa shape index (κ3) is 3.07. The highest BCUT2D eigenvalue weighted by Crippen LogP contribution is 2.24. The second-order valence-electron chi connectivity index (χ2n) is 6.32. The van der Waals surface area contributed by atoms with Gasteiger partial charge in [0.1, 0.15) is 11.5 Å². The van der Waals surface area contributed by atoms with Gasteiger partial charge in [0.05, 0.1) is 18.8 Å². The molecule has 1 fully saturated rings. The van der Waals surface area contributed by atoms with E-state index in [9.17, 15) is 9.90 Å². The Morgan fingerprint density at radius 3 is 2.92 bits per heavy atom. The molecule has 1 aromatic carbocycles. The zero-order valence-electron chi connectivity index (χ0n) is 14.2. The van der Waals surface area contributed by atoms with Gasteiger partial charge in [0.2, 0.25) is 0 Å². The maximum Gasteiger partial charge on any atom is 0.274 e. The smallest absolute Gasteiger partial charge is 0.274 e. The number of H-pyrrole nitrogens is 1. The lowest BCUT2D eigenvalue weighted by atomic mass is 10.1. The molecule has 0 spiro atoms. The number of hydrogen-bond donors (Lipinski definition) is 2. The molecular formula is C18H23N3O3. The van der Waals surface area contributed by atoms with E-state index < -0.39 is 0 Å². The van der Waals surface area contributed by atoms with Crippen LogP contribution < -0.4 is 0 Å². The van der Waals surface area contributed by atoms with E-state index in [4.69, 9.17) is 4.74 Å². The van der Waals surface area contributed by atoms with E-state index >= 15 is 0 Å². The van der Waals surface area contributed by atoms with Gasteiger partial charge in [-0.1, -0.05) is 23.8 Å². The largest absolute Gasteiger partial charge is 0.394 e. The van der Waals surface area contributed by atoms with Gasteiger partial charge < -0.3 is 19.7 Å². The van der Waals surface area contributed by atoms with Crippen molar-refractivity contribution in [1.29, 1.82) is 0 Å². The third-order valence-corrected chi connectivity index (χ3v) is 4.56. The van der Waals surface area contributed by atoms with Crippen LogP contribution in [0.3, 0.4) is 0 Å². The average Bonchev–Trinajstić information content (AvgIpc) is 3.17. The molecule has 2 aromatic rings. The number of hydrogen-bond acceptors (Lipinski definition) is 4. The SMILES string of the molecule is CO[C@H]1C[C@@H](CO)N(C(=O)c2nc(-c3cccc(C)c3)[nH]c2C)C1. The molecule has 0 radical (unpaired) electrons. The van der Waals surface area contributed by atoms with Gasteiger partial charge in [-0.05, 0) is 26.3 Å². The lowest BCUT2D eigenvalue weighted by molar-refractivity contribution is 0.0642. The Hall–Kier alpha value is -2.18. The lowest BCUT2D eigenvalue weighted by Crippen LogP contribution is -2.38. The van der Waals surface area contributed by atoms with Gasteiger partial charge in [-0.25, -0.2) is 4.98 Å². The van der Waals surface area contributed by atoms with Crippen LogP contribution in [0.4, 0.5) is 0 Å². The number of amides is 1. The van der Waals surface area contributed by atoms with Gasteiger partial charge in [0.15, 0.2) is 0 Å². The standard InChI is InChI=1S/C18H23N3O3/c1-11-5-4-6-13(7-11)17-19-12(2)16(20-17)18(23)21-9-15(24-3)8-14(21)10-22/h4-7,14-15,22H,8-10H2,1-3H3,(H,19,20)/t14-,15-/m0/s1. The molecule has 6 nitrogen and oxygen atoms in total. The minimum atomic E-state index is -0.221. The molecule has 1 amide bonds. The number of imidazole rings is 1. The number of rotatable bonds is 4. The second kappa shape index (κ2) is 6.75. The third-order valence-electron chi connectivity index (χ3n) is 4.56. The molecular weight excluding hydrogens is 306 g/mol. The first-order chi connectivity index (χ1) is 11.5. The summed E-state index contributed by atoms with van der Waals surface area (Å²) < 4.78 is 5.34. The predicted molar refractivity (Wildman–Crippen MR) is 90.8 cm³/mol. The van der Waals surface area contributed by atoms with E-state index in [1.807, 2.05) is 38.1 Å². The normalized spacial score (nSPS) is 20.6. The van der Waals surface area contributed by atoms with Crippen molar-refractivity contribution in [2.45, 2.75) is 32.4 Å². The number of nitrogens with zero attached hydrogens (tertiary/aromatic N) is 2. The minimum absolute atomic E-state index is 0.0402. The van der Waals surface area contributed by atoms with Crippen LogP contribution >= 0.6 is 0 Å². The van der Waals surface area contributed by atoms with Gasteiger partial charge in [0.25, 0.3) is 5.91 Å². The molecule has 0 saturated carbocycles. The Balaban J connectivity index is 1.88. The number of aromatic nitrogens is 2. The van der Waals surface area contributed by atoms with Crippen LogP contribution in [0.2, 0.25) is 0 Å². The topological polar surface area (TPSA) is 78.5 Å². The first-order valence-electron chi connectivity index (χ1n) is 8.11. The van der Waals surface area contributed by atoms with Crippen LogP contribution in [-0.2, 0) is 4.74 Å². The summed E-state index contributed by atoms with van der Waals surface area (Å²) in [5.41, 5.74) is 3.22. The van der Waals surface area contributed by atoms with Crippen LogP contribution in [0.15, 0.2) is 24.3 Å². The number of aromatic amines is 1. The van der Waals surface area contributed by atoms with Crippen LogP contribution in [0, 0.1) is 13.8 Å². The summed E-state index contributed by atoms with van der Waals surface area (Å²) in [6.45, 7) is 4.27. The summed E-state index contributed by atoms with van der Waals surface area (Å²) in [5.74, 6) is 0.517. The Bertz CT molecular complexity index is 741. The van der Waals surface area contributed by atoms with Gasteiger partial charge >= 0.3 is 0 Å². The summed E-state index contributed by atoms with van der Waals surface area (Å²) in [6.07, 6.45) is 0.606. The Morgan fingerprint density at radius 1 is 1.46 bits per heavy atom. The fourth-order valence-corrected chi connectivity index (χ4v) is 3.20. The highest BCUT2D eigenvalue weighted by atomic mass is 16.5. The molecule has 0 unspecified atom stereocenters. The summed E-state index contributed by atoms with van der Waals surface area (Å²) in [7, 11) is 1.63. The minimum Gasteiger partial charge on any atom is -0.394 e. The zero-order chi connectivity index (χ0) is 17.3. The molecule has 2 atom stereocenters. The van der Waals surface area contributed by atoms with E-state index in [1.54, 1.807) is 12.0 Å². The van der Waals surface area contributed by atoms with Crippen molar-refractivity contribution in [2.75, 3.05) is 20.3 Å². The Labute approximate surface area is 141 Å². The fraction of sp³-hybridized carbons (Fsp3) is 0.444. The number of aliphatic hydroxyl groups excluding tert-OH is 1. The highest BCUT2D eigenvalue weighted by molar-refractivity contribution is 5.94. The maximum atomic E-state index is 12.9. The van der Waals surface area contributed by atoms with Gasteiger partial charge in [-0.3, -0.25) is 4.79 Å². The average molecular weight is 329 g/mol. The van der Waals surface area contributed by atoms with E-state index in [-0.39, 0.29) is 24.7 Å². The predicted octanol–water partition coefficient (Wildman–Crippen LogP) is 1.92. The number of nitrogens with one attached hydrogen (secondary N) is 1. The molecule has 3 rings (SSSR count). The summed E-state index contributed by atoms with van der Waals surface area (Å²) in [4.78, 5) is 22.3. The molecule has 1 aliphatic rings. The number of carbonyl (C=O) groups excluding carboxylic acids is 1. The number of methoxy groups -OCH3 is 1. The molecule has 0 bridgehead atoms. The first kappa shape index (κ1) is 16.7. The van der Waals surface area contributed by atoms with Crippen molar-refractivity contribution in [3.63, 3.8) is 0 Å². The maximum absolute atomic E-state index is 12.9. The van der Waals surface area contributed by atoms with Crippen molar-refractivity contribution in [2.24, 2.45) is 0 Å². The number of aliphatic hydroxyl groups is 1. The monoisotopic (exact) mass is 329 g/mol. The van der Waals surface area contributed by atoms with Crippen molar-refractivity contribution in [3.8, 4) is 11.4 Å². The number of benzene rings is 1. The summed E-state index contributed by atoms with van der Waals surface area (Å²) >= 11 is 0. The van der Waals surface area contributed by atoms with E-state index in [0.29, 0.717) is 24.5 Å². The van der Waals surface area contributed by atoms with Crippen molar-refractivity contribution in [1.82, 2.24) is 14.9 Å².